The average molecular weight is 295 g/mol. The third kappa shape index (κ3) is 3.95. The van der Waals surface area contributed by atoms with Crippen molar-refractivity contribution in [3.05, 3.63) is 51.7 Å². The SMILES string of the molecule is C=C(C)C(=O)O.[N-]=[N+]=Nc1c(F)c(F)c(F)c(F)c1F. The fraction of sp³-hybridized carbons (Fsp3) is 0.100. The molecular weight excluding hydrogens is 289 g/mol. The Morgan fingerprint density at radius 3 is 1.65 bits per heavy atom. The first-order valence-electron chi connectivity index (χ1n) is 4.60. The van der Waals surface area contributed by atoms with Crippen LogP contribution in [0.5, 0.6) is 0 Å². The predicted octanol–water partition coefficient (Wildman–Crippen LogP) is 3.97. The molecule has 0 saturated heterocycles. The van der Waals surface area contributed by atoms with Crippen molar-refractivity contribution < 1.29 is 31.9 Å². The summed E-state index contributed by atoms with van der Waals surface area (Å²) >= 11 is 0. The third-order valence-corrected chi connectivity index (χ3v) is 1.70. The van der Waals surface area contributed by atoms with Crippen LogP contribution in [0.2, 0.25) is 0 Å². The van der Waals surface area contributed by atoms with E-state index in [4.69, 9.17) is 10.6 Å². The molecule has 1 aromatic carbocycles. The molecule has 10 heteroatoms. The average Bonchev–Trinajstić information content (AvgIpc) is 2.40. The molecule has 0 saturated carbocycles. The second kappa shape index (κ2) is 7.10. The van der Waals surface area contributed by atoms with Crippen LogP contribution in [0.3, 0.4) is 0 Å². The lowest BCUT2D eigenvalue weighted by molar-refractivity contribution is -0.132. The predicted molar refractivity (Wildman–Crippen MR) is 57.5 cm³/mol. The van der Waals surface area contributed by atoms with Crippen molar-refractivity contribution in [3.8, 4) is 0 Å². The maximum absolute atomic E-state index is 12.6. The highest BCUT2D eigenvalue weighted by molar-refractivity contribution is 5.84. The summed E-state index contributed by atoms with van der Waals surface area (Å²) < 4.78 is 62.3. The Kier molecular flexibility index (Phi) is 6.17. The van der Waals surface area contributed by atoms with E-state index in [1.807, 2.05) is 4.91 Å². The minimum atomic E-state index is -2.29. The quantitative estimate of drug-likeness (QED) is 0.170. The van der Waals surface area contributed by atoms with Gasteiger partial charge in [-0.15, -0.1) is 0 Å². The first-order valence-corrected chi connectivity index (χ1v) is 4.60. The van der Waals surface area contributed by atoms with E-state index in [1.54, 1.807) is 0 Å². The van der Waals surface area contributed by atoms with Gasteiger partial charge in [0.1, 0.15) is 5.69 Å². The molecule has 0 aromatic heterocycles. The van der Waals surface area contributed by atoms with Gasteiger partial charge in [0.05, 0.1) is 0 Å². The van der Waals surface area contributed by atoms with Gasteiger partial charge in [0, 0.05) is 10.5 Å². The molecule has 1 N–H and O–H groups in total. The number of carboxylic acids is 1. The van der Waals surface area contributed by atoms with Crippen molar-refractivity contribution in [1.29, 1.82) is 0 Å². The van der Waals surface area contributed by atoms with E-state index < -0.39 is 40.7 Å². The normalized spacial score (nSPS) is 9.10. The van der Waals surface area contributed by atoms with E-state index in [9.17, 15) is 26.7 Å². The molecule has 0 aliphatic heterocycles. The van der Waals surface area contributed by atoms with Crippen LogP contribution < -0.4 is 0 Å². The molecule has 1 rings (SSSR count). The second-order valence-electron chi connectivity index (χ2n) is 3.19. The van der Waals surface area contributed by atoms with Crippen LogP contribution in [0.4, 0.5) is 27.6 Å². The lowest BCUT2D eigenvalue weighted by atomic mass is 10.2. The minimum Gasteiger partial charge on any atom is -0.478 e. The number of azide groups is 1. The standard InChI is InChI=1S/C6F5N3.C4H6O2/c7-1-2(8)4(10)6(13-14-12)5(11)3(1)9;1-3(2)4(5)6/h;1H2,2H3,(H,5,6). The summed E-state index contributed by atoms with van der Waals surface area (Å²) in [6, 6.07) is 0. The molecule has 0 aliphatic rings. The fourth-order valence-electron chi connectivity index (χ4n) is 0.726. The van der Waals surface area contributed by atoms with Gasteiger partial charge in [0.15, 0.2) is 23.3 Å². The zero-order valence-electron chi connectivity index (χ0n) is 9.79. The molecule has 0 radical (unpaired) electrons. The van der Waals surface area contributed by atoms with Crippen LogP contribution in [0.25, 0.3) is 10.4 Å². The summed E-state index contributed by atoms with van der Waals surface area (Å²) in [6.45, 7) is 4.60. The Morgan fingerprint density at radius 1 is 1.10 bits per heavy atom. The molecule has 0 amide bonds. The van der Waals surface area contributed by atoms with Crippen LogP contribution in [0.15, 0.2) is 17.3 Å². The molecule has 0 fully saturated rings. The molecular formula is C10H6F5N3O2. The largest absolute Gasteiger partial charge is 0.478 e. The highest BCUT2D eigenvalue weighted by Gasteiger charge is 2.24. The van der Waals surface area contributed by atoms with Crippen LogP contribution in [-0.2, 0) is 4.79 Å². The van der Waals surface area contributed by atoms with E-state index in [0.717, 1.165) is 0 Å². The van der Waals surface area contributed by atoms with Crippen molar-refractivity contribution in [1.82, 2.24) is 0 Å². The third-order valence-electron chi connectivity index (χ3n) is 1.70. The van der Waals surface area contributed by atoms with Crippen LogP contribution in [0.1, 0.15) is 6.92 Å². The van der Waals surface area contributed by atoms with Crippen LogP contribution in [0, 0.1) is 29.1 Å². The Bertz CT molecular complexity index is 570. The molecule has 0 atom stereocenters. The first-order chi connectivity index (χ1) is 9.14. The minimum absolute atomic E-state index is 0.176. The van der Waals surface area contributed by atoms with Gasteiger partial charge in [-0.3, -0.25) is 0 Å². The molecule has 0 bridgehead atoms. The van der Waals surface area contributed by atoms with E-state index in [1.165, 1.54) is 6.92 Å². The number of hydrogen-bond donors (Lipinski definition) is 1. The van der Waals surface area contributed by atoms with Gasteiger partial charge in [-0.2, -0.15) is 0 Å². The van der Waals surface area contributed by atoms with Crippen molar-refractivity contribution in [2.24, 2.45) is 5.11 Å². The van der Waals surface area contributed by atoms with Gasteiger partial charge in [0.2, 0.25) is 5.82 Å². The van der Waals surface area contributed by atoms with E-state index in [0.29, 0.717) is 0 Å². The van der Waals surface area contributed by atoms with Gasteiger partial charge in [-0.25, -0.2) is 26.7 Å². The Morgan fingerprint density at radius 2 is 1.40 bits per heavy atom. The van der Waals surface area contributed by atoms with Gasteiger partial charge < -0.3 is 5.11 Å². The topological polar surface area (TPSA) is 86.1 Å². The summed E-state index contributed by atoms with van der Waals surface area (Å²) in [5, 5.41) is 10.2. The molecule has 0 spiro atoms. The van der Waals surface area contributed by atoms with E-state index >= 15 is 0 Å². The summed E-state index contributed by atoms with van der Waals surface area (Å²) in [4.78, 5) is 11.5. The Hall–Kier alpha value is -2.61. The number of aliphatic carboxylic acids is 1. The van der Waals surface area contributed by atoms with E-state index in [2.05, 4.69) is 11.7 Å². The summed E-state index contributed by atoms with van der Waals surface area (Å²) in [5.74, 6) is -11.8. The summed E-state index contributed by atoms with van der Waals surface area (Å²) in [7, 11) is 0. The van der Waals surface area contributed by atoms with Gasteiger partial charge >= 0.3 is 5.97 Å². The Labute approximate surface area is 108 Å². The first kappa shape index (κ1) is 17.4. The second-order valence-corrected chi connectivity index (χ2v) is 3.19. The zero-order chi connectivity index (χ0) is 16.0. The summed E-state index contributed by atoms with van der Waals surface area (Å²) in [6.07, 6.45) is 0. The van der Waals surface area contributed by atoms with Crippen molar-refractivity contribution in [3.63, 3.8) is 0 Å². The van der Waals surface area contributed by atoms with Crippen LogP contribution in [-0.4, -0.2) is 11.1 Å². The number of benzene rings is 1. The molecule has 0 unspecified atom stereocenters. The van der Waals surface area contributed by atoms with Crippen molar-refractivity contribution in [2.75, 3.05) is 0 Å². The number of carboxylic acid groups (broad SMARTS) is 1. The molecule has 5 nitrogen and oxygen atoms in total. The van der Waals surface area contributed by atoms with Crippen molar-refractivity contribution >= 4 is 11.7 Å². The Balaban J connectivity index is 0.000000511. The highest BCUT2D eigenvalue weighted by atomic mass is 19.2. The lowest BCUT2D eigenvalue weighted by Crippen LogP contribution is -2.00. The number of carbonyl (C=O) groups is 1. The molecule has 0 heterocycles. The number of halogens is 5. The smallest absolute Gasteiger partial charge is 0.330 e. The van der Waals surface area contributed by atoms with E-state index in [-0.39, 0.29) is 5.57 Å². The molecule has 20 heavy (non-hydrogen) atoms. The maximum atomic E-state index is 12.6. The monoisotopic (exact) mass is 295 g/mol. The highest BCUT2D eigenvalue weighted by Crippen LogP contribution is 2.29. The number of nitrogens with zero attached hydrogens (tertiary/aromatic N) is 3. The lowest BCUT2D eigenvalue weighted by Gasteiger charge is -2.02. The van der Waals surface area contributed by atoms with Gasteiger partial charge in [0.25, 0.3) is 0 Å². The zero-order valence-corrected chi connectivity index (χ0v) is 9.79. The van der Waals surface area contributed by atoms with Crippen LogP contribution >= 0.6 is 0 Å². The molecule has 108 valence electrons. The maximum Gasteiger partial charge on any atom is 0.330 e. The van der Waals surface area contributed by atoms with Gasteiger partial charge in [-0.05, 0) is 12.5 Å². The van der Waals surface area contributed by atoms with Crippen molar-refractivity contribution in [2.45, 2.75) is 6.92 Å². The number of rotatable bonds is 2. The molecule has 1 aromatic rings. The summed E-state index contributed by atoms with van der Waals surface area (Å²) in [5.41, 5.74) is 6.44. The number of hydrogen-bond acceptors (Lipinski definition) is 2. The fourth-order valence-corrected chi connectivity index (χ4v) is 0.726. The van der Waals surface area contributed by atoms with Gasteiger partial charge in [-0.1, -0.05) is 11.7 Å². The molecule has 0 aliphatic carbocycles.